The summed E-state index contributed by atoms with van der Waals surface area (Å²) in [6.45, 7) is 2.87. The first kappa shape index (κ1) is 21.1. The minimum Gasteiger partial charge on any atom is -0.496 e. The molecule has 3 aromatic rings. The third-order valence-electron chi connectivity index (χ3n) is 5.52. The zero-order chi connectivity index (χ0) is 22.0. The van der Waals surface area contributed by atoms with E-state index in [0.717, 1.165) is 28.1 Å². The van der Waals surface area contributed by atoms with Crippen LogP contribution in [0.5, 0.6) is 5.75 Å². The van der Waals surface area contributed by atoms with Gasteiger partial charge < -0.3 is 14.2 Å². The highest BCUT2D eigenvalue weighted by molar-refractivity contribution is 6.30. The van der Waals surface area contributed by atoms with E-state index in [1.807, 2.05) is 37.3 Å². The largest absolute Gasteiger partial charge is 0.496 e. The van der Waals surface area contributed by atoms with E-state index in [4.69, 9.17) is 20.9 Å². The van der Waals surface area contributed by atoms with Crippen molar-refractivity contribution in [2.45, 2.75) is 32.7 Å². The summed E-state index contributed by atoms with van der Waals surface area (Å²) in [5.41, 5.74) is 4.18. The quantitative estimate of drug-likeness (QED) is 0.514. The van der Waals surface area contributed by atoms with Gasteiger partial charge in [0.15, 0.2) is 11.5 Å². The van der Waals surface area contributed by atoms with Gasteiger partial charge >= 0.3 is 0 Å². The summed E-state index contributed by atoms with van der Waals surface area (Å²) in [5, 5.41) is 4.84. The number of nitrogens with zero attached hydrogens (tertiary/aromatic N) is 2. The van der Waals surface area contributed by atoms with Gasteiger partial charge in [0, 0.05) is 35.5 Å². The van der Waals surface area contributed by atoms with Gasteiger partial charge in [-0.3, -0.25) is 9.59 Å². The first-order chi connectivity index (χ1) is 15.0. The summed E-state index contributed by atoms with van der Waals surface area (Å²) >= 11 is 5.96. The molecule has 0 fully saturated rings. The normalized spacial score (nSPS) is 13.1. The predicted molar refractivity (Wildman–Crippen MR) is 117 cm³/mol. The van der Waals surface area contributed by atoms with E-state index in [1.54, 1.807) is 17.0 Å². The maximum Gasteiger partial charge on any atom is 0.223 e. The molecule has 31 heavy (non-hydrogen) atoms. The molecular formula is C24H23ClN2O4. The van der Waals surface area contributed by atoms with E-state index in [0.29, 0.717) is 35.8 Å². The molecule has 1 aliphatic heterocycles. The molecule has 4 rings (SSSR count). The molecule has 0 aliphatic carbocycles. The molecule has 0 spiro atoms. The summed E-state index contributed by atoms with van der Waals surface area (Å²) < 4.78 is 10.9. The van der Waals surface area contributed by atoms with Crippen molar-refractivity contribution in [3.8, 4) is 17.1 Å². The van der Waals surface area contributed by atoms with Crippen LogP contribution < -0.4 is 4.74 Å². The van der Waals surface area contributed by atoms with E-state index >= 15 is 0 Å². The number of carbonyl (C=O) groups excluding carboxylic acids is 2. The molecule has 1 aromatic heterocycles. The number of ketones is 1. The average Bonchev–Trinajstić information content (AvgIpc) is 3.21. The smallest absolute Gasteiger partial charge is 0.223 e. The van der Waals surface area contributed by atoms with E-state index in [1.165, 1.54) is 7.11 Å². The van der Waals surface area contributed by atoms with Gasteiger partial charge in [0.25, 0.3) is 0 Å². The van der Waals surface area contributed by atoms with Crippen molar-refractivity contribution in [2.24, 2.45) is 0 Å². The average molecular weight is 439 g/mol. The van der Waals surface area contributed by atoms with Crippen LogP contribution in [0.2, 0.25) is 5.02 Å². The van der Waals surface area contributed by atoms with Crippen LogP contribution >= 0.6 is 11.6 Å². The minimum absolute atomic E-state index is 0.0679. The van der Waals surface area contributed by atoms with Gasteiger partial charge in [-0.05, 0) is 49.7 Å². The molecule has 0 N–H and O–H groups in total. The maximum atomic E-state index is 12.7. The maximum absolute atomic E-state index is 12.7. The Bertz CT molecular complexity index is 1120. The fraction of sp³-hybridized carbons (Fsp3) is 0.292. The van der Waals surface area contributed by atoms with Gasteiger partial charge in [-0.15, -0.1) is 0 Å². The van der Waals surface area contributed by atoms with Gasteiger partial charge in [-0.25, -0.2) is 0 Å². The van der Waals surface area contributed by atoms with Crippen LogP contribution in [0.3, 0.4) is 0 Å². The number of aromatic nitrogens is 1. The third-order valence-corrected chi connectivity index (χ3v) is 5.77. The Hall–Kier alpha value is -3.12. The SMILES string of the molecule is COc1ccc(C)cc1C(=O)CCC(=O)N1CCc2c(noc2-c2ccc(Cl)cc2)C1. The van der Waals surface area contributed by atoms with Crippen LogP contribution in [-0.4, -0.2) is 35.4 Å². The number of benzene rings is 2. The monoisotopic (exact) mass is 438 g/mol. The Kier molecular flexibility index (Phi) is 6.09. The number of rotatable bonds is 6. The fourth-order valence-corrected chi connectivity index (χ4v) is 3.95. The van der Waals surface area contributed by atoms with Crippen LogP contribution in [0.15, 0.2) is 47.0 Å². The van der Waals surface area contributed by atoms with Crippen molar-refractivity contribution in [2.75, 3.05) is 13.7 Å². The zero-order valence-electron chi connectivity index (χ0n) is 17.5. The molecular weight excluding hydrogens is 416 g/mol. The van der Waals surface area contributed by atoms with Crippen molar-refractivity contribution in [3.63, 3.8) is 0 Å². The topological polar surface area (TPSA) is 72.6 Å². The summed E-state index contributed by atoms with van der Waals surface area (Å²) in [6, 6.07) is 12.9. The van der Waals surface area contributed by atoms with Crippen LogP contribution in [0.25, 0.3) is 11.3 Å². The Morgan fingerprint density at radius 2 is 1.94 bits per heavy atom. The highest BCUT2D eigenvalue weighted by Crippen LogP contribution is 2.31. The number of Topliss-reactive ketones (excluding diaryl/α,β-unsaturated/α-hetero) is 1. The van der Waals surface area contributed by atoms with Crippen LogP contribution in [-0.2, 0) is 17.8 Å². The minimum atomic E-state index is -0.0990. The molecule has 0 saturated heterocycles. The number of hydrogen-bond acceptors (Lipinski definition) is 5. The number of fused-ring (bicyclic) bond motifs is 1. The summed E-state index contributed by atoms with van der Waals surface area (Å²) in [6.07, 6.45) is 0.937. The Morgan fingerprint density at radius 1 is 1.16 bits per heavy atom. The van der Waals surface area contributed by atoms with Gasteiger partial charge in [-0.1, -0.05) is 28.4 Å². The first-order valence-electron chi connectivity index (χ1n) is 10.1. The lowest BCUT2D eigenvalue weighted by atomic mass is 9.99. The molecule has 0 saturated carbocycles. The van der Waals surface area contributed by atoms with E-state index < -0.39 is 0 Å². The lowest BCUT2D eigenvalue weighted by molar-refractivity contribution is -0.132. The number of methoxy groups -OCH3 is 1. The van der Waals surface area contributed by atoms with Gasteiger partial charge in [-0.2, -0.15) is 0 Å². The highest BCUT2D eigenvalue weighted by Gasteiger charge is 2.27. The lowest BCUT2D eigenvalue weighted by Gasteiger charge is -2.26. The highest BCUT2D eigenvalue weighted by atomic mass is 35.5. The second kappa shape index (κ2) is 8.94. The van der Waals surface area contributed by atoms with Gasteiger partial charge in [0.05, 0.1) is 19.2 Å². The van der Waals surface area contributed by atoms with Crippen LogP contribution in [0, 0.1) is 6.92 Å². The van der Waals surface area contributed by atoms with E-state index in [9.17, 15) is 9.59 Å². The number of hydrogen-bond donors (Lipinski definition) is 0. The van der Waals surface area contributed by atoms with Crippen molar-refractivity contribution < 1.29 is 18.8 Å². The second-order valence-electron chi connectivity index (χ2n) is 7.64. The molecule has 7 heteroatoms. The van der Waals surface area contributed by atoms with Crippen molar-refractivity contribution in [1.82, 2.24) is 10.1 Å². The number of halogens is 1. The van der Waals surface area contributed by atoms with Crippen LogP contribution in [0.1, 0.15) is 40.0 Å². The lowest BCUT2D eigenvalue weighted by Crippen LogP contribution is -2.36. The third kappa shape index (κ3) is 4.49. The van der Waals surface area contributed by atoms with Gasteiger partial charge in [0.2, 0.25) is 5.91 Å². The standard InChI is InChI=1S/C24H23ClN2O4/c1-15-3-9-22(30-2)19(13-15)21(28)8-10-23(29)27-12-11-18-20(14-27)26-31-24(18)16-4-6-17(25)7-5-16/h3-7,9,13H,8,10-12,14H2,1-2H3. The number of carbonyl (C=O) groups is 2. The molecule has 0 radical (unpaired) electrons. The van der Waals surface area contributed by atoms with Crippen molar-refractivity contribution >= 4 is 23.3 Å². The van der Waals surface area contributed by atoms with Crippen molar-refractivity contribution in [3.05, 3.63) is 69.9 Å². The van der Waals surface area contributed by atoms with Crippen LogP contribution in [0.4, 0.5) is 0 Å². The number of ether oxygens (including phenoxy) is 1. The summed E-state index contributed by atoms with van der Waals surface area (Å²) in [7, 11) is 1.54. The Labute approximate surface area is 185 Å². The molecule has 160 valence electrons. The first-order valence-corrected chi connectivity index (χ1v) is 10.5. The molecule has 0 atom stereocenters. The molecule has 6 nitrogen and oxygen atoms in total. The predicted octanol–water partition coefficient (Wildman–Crippen LogP) is 4.86. The zero-order valence-corrected chi connectivity index (χ0v) is 18.2. The number of aryl methyl sites for hydroxylation is 1. The Morgan fingerprint density at radius 3 is 2.68 bits per heavy atom. The fourth-order valence-electron chi connectivity index (χ4n) is 3.82. The van der Waals surface area contributed by atoms with E-state index in [-0.39, 0.29) is 24.5 Å². The molecule has 2 heterocycles. The van der Waals surface area contributed by atoms with Crippen molar-refractivity contribution in [1.29, 1.82) is 0 Å². The van der Waals surface area contributed by atoms with Gasteiger partial charge in [0.1, 0.15) is 11.4 Å². The Balaban J connectivity index is 1.40. The number of amides is 1. The molecule has 0 unspecified atom stereocenters. The molecule has 0 bridgehead atoms. The molecule has 2 aromatic carbocycles. The summed E-state index contributed by atoms with van der Waals surface area (Å²) in [4.78, 5) is 27.1. The molecule has 1 aliphatic rings. The summed E-state index contributed by atoms with van der Waals surface area (Å²) in [5.74, 6) is 1.09. The second-order valence-corrected chi connectivity index (χ2v) is 8.07. The molecule has 1 amide bonds. The van der Waals surface area contributed by atoms with E-state index in [2.05, 4.69) is 5.16 Å².